The molecule has 1 aliphatic carbocycles. The molecule has 0 aliphatic heterocycles. The maximum absolute atomic E-state index is 10.3. The van der Waals surface area contributed by atoms with E-state index in [0.29, 0.717) is 6.42 Å². The van der Waals surface area contributed by atoms with E-state index in [2.05, 4.69) is 33.8 Å². The Bertz CT molecular complexity index is 302. The maximum Gasteiger partial charge on any atom is 0.0778 e. The van der Waals surface area contributed by atoms with Gasteiger partial charge in [-0.1, -0.05) is 37.1 Å². The van der Waals surface area contributed by atoms with E-state index >= 15 is 0 Å². The summed E-state index contributed by atoms with van der Waals surface area (Å²) < 4.78 is 0. The Labute approximate surface area is 105 Å². The largest absolute Gasteiger partial charge is 0.392 e. The predicted octanol–water partition coefficient (Wildman–Crippen LogP) is 3.06. The molecule has 3 atom stereocenters. The van der Waals surface area contributed by atoms with Gasteiger partial charge in [0, 0.05) is 5.92 Å². The van der Waals surface area contributed by atoms with Gasteiger partial charge < -0.3 is 10.2 Å². The Morgan fingerprint density at radius 1 is 1.18 bits per heavy atom. The Morgan fingerprint density at radius 3 is 2.41 bits per heavy atom. The Hall–Kier alpha value is -0.600. The van der Waals surface area contributed by atoms with E-state index < -0.39 is 12.2 Å². The molecule has 0 bridgehead atoms. The third kappa shape index (κ3) is 4.29. The van der Waals surface area contributed by atoms with E-state index in [-0.39, 0.29) is 11.8 Å². The number of aliphatic hydroxyl groups is 2. The second-order valence-electron chi connectivity index (χ2n) is 5.69. The van der Waals surface area contributed by atoms with Gasteiger partial charge in [0.05, 0.1) is 12.2 Å². The van der Waals surface area contributed by atoms with Crippen LogP contribution in [-0.2, 0) is 0 Å². The second kappa shape index (κ2) is 6.36. The topological polar surface area (TPSA) is 40.5 Å². The lowest BCUT2D eigenvalue weighted by atomic mass is 9.81. The molecule has 98 valence electrons. The highest BCUT2D eigenvalue weighted by Crippen LogP contribution is 2.27. The summed E-state index contributed by atoms with van der Waals surface area (Å²) in [4.78, 5) is 0. The van der Waals surface area contributed by atoms with Crippen LogP contribution in [0.1, 0.15) is 47.0 Å². The van der Waals surface area contributed by atoms with Crippen molar-refractivity contribution in [3.63, 3.8) is 0 Å². The first-order chi connectivity index (χ1) is 7.91. The number of rotatable bonds is 1. The molecule has 3 unspecified atom stereocenters. The quantitative estimate of drug-likeness (QED) is 0.689. The molecule has 2 heteroatoms. The number of hydrogen-bond donors (Lipinski definition) is 2. The van der Waals surface area contributed by atoms with Gasteiger partial charge in [-0.2, -0.15) is 0 Å². The normalized spacial score (nSPS) is 32.1. The van der Waals surface area contributed by atoms with Gasteiger partial charge in [-0.3, -0.25) is 0 Å². The molecule has 0 fully saturated rings. The van der Waals surface area contributed by atoms with Crippen molar-refractivity contribution in [2.45, 2.75) is 59.2 Å². The van der Waals surface area contributed by atoms with Gasteiger partial charge in [-0.15, -0.1) is 0 Å². The molecule has 0 spiro atoms. The van der Waals surface area contributed by atoms with Gasteiger partial charge in [-0.25, -0.2) is 0 Å². The molecule has 0 amide bonds. The van der Waals surface area contributed by atoms with Crippen molar-refractivity contribution in [1.29, 1.82) is 0 Å². The van der Waals surface area contributed by atoms with Crippen LogP contribution < -0.4 is 0 Å². The summed E-state index contributed by atoms with van der Waals surface area (Å²) in [5, 5.41) is 20.5. The molecule has 1 rings (SSSR count). The highest BCUT2D eigenvalue weighted by molar-refractivity contribution is 5.10. The lowest BCUT2D eigenvalue weighted by Gasteiger charge is -2.30. The first kappa shape index (κ1) is 14.5. The average molecular weight is 238 g/mol. The van der Waals surface area contributed by atoms with Gasteiger partial charge in [0.15, 0.2) is 0 Å². The smallest absolute Gasteiger partial charge is 0.0778 e. The summed E-state index contributed by atoms with van der Waals surface area (Å²) in [5.41, 5.74) is 2.44. The molecule has 2 nitrogen and oxygen atoms in total. The lowest BCUT2D eigenvalue weighted by molar-refractivity contribution is 0.0101. The van der Waals surface area contributed by atoms with Crippen LogP contribution in [0.25, 0.3) is 0 Å². The van der Waals surface area contributed by atoms with E-state index in [1.165, 1.54) is 11.1 Å². The van der Waals surface area contributed by atoms with E-state index in [1.807, 2.05) is 6.08 Å². The number of allylic oxidation sites excluding steroid dienone is 2. The van der Waals surface area contributed by atoms with Crippen molar-refractivity contribution >= 4 is 0 Å². The second-order valence-corrected chi connectivity index (χ2v) is 5.69. The maximum atomic E-state index is 10.3. The predicted molar refractivity (Wildman–Crippen MR) is 71.7 cm³/mol. The van der Waals surface area contributed by atoms with Gasteiger partial charge in [0.25, 0.3) is 0 Å². The Morgan fingerprint density at radius 2 is 1.82 bits per heavy atom. The minimum Gasteiger partial charge on any atom is -0.392 e. The van der Waals surface area contributed by atoms with Crippen LogP contribution in [0.15, 0.2) is 23.3 Å². The summed E-state index contributed by atoms with van der Waals surface area (Å²) >= 11 is 0. The Balaban J connectivity index is 2.95. The van der Waals surface area contributed by atoms with Crippen molar-refractivity contribution < 1.29 is 10.2 Å². The molecule has 0 saturated carbocycles. The zero-order chi connectivity index (χ0) is 13.0. The summed E-state index contributed by atoms with van der Waals surface area (Å²) in [6, 6.07) is 0. The SMILES string of the molecule is CC1=CC(O)C(C(C)C)C(O)CC(C)=CCC1. The summed E-state index contributed by atoms with van der Waals surface area (Å²) in [6.45, 7) is 8.24. The fraction of sp³-hybridized carbons (Fsp3) is 0.733. The molecule has 0 aromatic rings. The van der Waals surface area contributed by atoms with Crippen LogP contribution in [-0.4, -0.2) is 22.4 Å². The van der Waals surface area contributed by atoms with E-state index in [1.54, 1.807) is 0 Å². The molecule has 0 heterocycles. The van der Waals surface area contributed by atoms with Crippen LogP contribution >= 0.6 is 0 Å². The summed E-state index contributed by atoms with van der Waals surface area (Å²) in [7, 11) is 0. The molecule has 0 radical (unpaired) electrons. The molecular formula is C15H26O2. The molecular weight excluding hydrogens is 212 g/mol. The highest BCUT2D eigenvalue weighted by Gasteiger charge is 2.29. The monoisotopic (exact) mass is 238 g/mol. The number of hydrogen-bond acceptors (Lipinski definition) is 2. The molecule has 0 saturated heterocycles. The van der Waals surface area contributed by atoms with Crippen LogP contribution in [0, 0.1) is 11.8 Å². The van der Waals surface area contributed by atoms with Crippen LogP contribution in [0.4, 0.5) is 0 Å². The van der Waals surface area contributed by atoms with Crippen LogP contribution in [0.5, 0.6) is 0 Å². The van der Waals surface area contributed by atoms with Crippen molar-refractivity contribution in [3.8, 4) is 0 Å². The fourth-order valence-corrected chi connectivity index (χ4v) is 2.65. The fourth-order valence-electron chi connectivity index (χ4n) is 2.65. The Kier molecular flexibility index (Phi) is 5.41. The molecule has 1 aliphatic rings. The number of aliphatic hydroxyl groups excluding tert-OH is 2. The van der Waals surface area contributed by atoms with E-state index in [9.17, 15) is 10.2 Å². The van der Waals surface area contributed by atoms with Gasteiger partial charge in [-0.05, 0) is 39.0 Å². The third-order valence-electron chi connectivity index (χ3n) is 3.63. The van der Waals surface area contributed by atoms with Gasteiger partial charge >= 0.3 is 0 Å². The first-order valence-corrected chi connectivity index (χ1v) is 6.61. The standard InChI is InChI=1S/C15H26O2/c1-10(2)15-13(16)8-11(3)6-5-7-12(4)9-14(15)17/h6,9-10,13-17H,5,7-8H2,1-4H3. The van der Waals surface area contributed by atoms with Crippen molar-refractivity contribution in [3.05, 3.63) is 23.3 Å². The average Bonchev–Trinajstić information content (AvgIpc) is 2.14. The zero-order valence-electron chi connectivity index (χ0n) is 11.5. The third-order valence-corrected chi connectivity index (χ3v) is 3.63. The minimum atomic E-state index is -0.532. The van der Waals surface area contributed by atoms with E-state index in [0.717, 1.165) is 12.8 Å². The summed E-state index contributed by atoms with van der Waals surface area (Å²) in [6.07, 6.45) is 5.80. The highest BCUT2D eigenvalue weighted by atomic mass is 16.3. The van der Waals surface area contributed by atoms with Crippen molar-refractivity contribution in [2.75, 3.05) is 0 Å². The molecule has 2 N–H and O–H groups in total. The van der Waals surface area contributed by atoms with Crippen LogP contribution in [0.2, 0.25) is 0 Å². The van der Waals surface area contributed by atoms with Crippen molar-refractivity contribution in [2.24, 2.45) is 11.8 Å². The zero-order valence-corrected chi connectivity index (χ0v) is 11.5. The molecule has 0 aromatic carbocycles. The minimum absolute atomic E-state index is 0.0774. The van der Waals surface area contributed by atoms with Gasteiger partial charge in [0.2, 0.25) is 0 Å². The van der Waals surface area contributed by atoms with Gasteiger partial charge in [0.1, 0.15) is 0 Å². The lowest BCUT2D eigenvalue weighted by Crippen LogP contribution is -2.35. The van der Waals surface area contributed by atoms with E-state index in [4.69, 9.17) is 0 Å². The van der Waals surface area contributed by atoms with Crippen LogP contribution in [0.3, 0.4) is 0 Å². The molecule has 17 heavy (non-hydrogen) atoms. The first-order valence-electron chi connectivity index (χ1n) is 6.61. The summed E-state index contributed by atoms with van der Waals surface area (Å²) in [5.74, 6) is 0.197. The molecule has 0 aromatic heterocycles. The van der Waals surface area contributed by atoms with Crippen molar-refractivity contribution in [1.82, 2.24) is 0 Å².